The van der Waals surface area contributed by atoms with Gasteiger partial charge in [-0.3, -0.25) is 0 Å². The van der Waals surface area contributed by atoms with Gasteiger partial charge in [-0.05, 0) is 56.7 Å². The average molecular weight is 518 g/mol. The molecule has 2 aromatic carbocycles. The molecule has 0 saturated heterocycles. The maximum Gasteiger partial charge on any atom is 0.404 e. The minimum atomic E-state index is -4.87. The van der Waals surface area contributed by atoms with Gasteiger partial charge in [0.1, 0.15) is 5.75 Å². The molecule has 0 amide bonds. The second-order valence-corrected chi connectivity index (χ2v) is 10.1. The van der Waals surface area contributed by atoms with Crippen molar-refractivity contribution in [1.29, 1.82) is 0 Å². The number of rotatable bonds is 9. The van der Waals surface area contributed by atoms with Crippen LogP contribution in [0.5, 0.6) is 11.6 Å². The number of nitrogens with one attached hydrogen (secondary N) is 1. The second kappa shape index (κ2) is 9.94. The molecule has 0 bridgehead atoms. The van der Waals surface area contributed by atoms with E-state index in [1.165, 1.54) is 38.1 Å². The van der Waals surface area contributed by atoms with Gasteiger partial charge < -0.3 is 4.74 Å². The van der Waals surface area contributed by atoms with E-state index >= 15 is 0 Å². The summed E-state index contributed by atoms with van der Waals surface area (Å²) in [4.78, 5) is 0. The van der Waals surface area contributed by atoms with Gasteiger partial charge in [-0.1, -0.05) is 18.2 Å². The molecule has 0 saturated carbocycles. The molecule has 0 aliphatic heterocycles. The van der Waals surface area contributed by atoms with Gasteiger partial charge in [-0.25, -0.2) is 26.6 Å². The second-order valence-electron chi connectivity index (χ2n) is 8.34. The third-order valence-corrected chi connectivity index (χ3v) is 6.57. The van der Waals surface area contributed by atoms with Gasteiger partial charge in [0.05, 0.1) is 11.2 Å². The first kappa shape index (κ1) is 26.6. The van der Waals surface area contributed by atoms with Crippen molar-refractivity contribution in [3.05, 3.63) is 65.7 Å². The van der Waals surface area contributed by atoms with Crippen LogP contribution in [0.3, 0.4) is 0 Å². The Morgan fingerprint density at radius 3 is 2.29 bits per heavy atom. The molecule has 3 rings (SSSR count). The van der Waals surface area contributed by atoms with Crippen molar-refractivity contribution in [3.63, 3.8) is 0 Å². The largest absolute Gasteiger partial charge is 0.439 e. The molecule has 0 aliphatic carbocycles. The molecule has 12 heteroatoms. The van der Waals surface area contributed by atoms with Crippen LogP contribution in [-0.2, 0) is 22.1 Å². The van der Waals surface area contributed by atoms with E-state index in [-0.39, 0.29) is 5.56 Å². The van der Waals surface area contributed by atoms with Gasteiger partial charge in [0.2, 0.25) is 15.9 Å². The van der Waals surface area contributed by atoms with Crippen molar-refractivity contribution in [1.82, 2.24) is 14.5 Å². The number of hydrogen-bond donors (Lipinski definition) is 1. The number of halogens is 5. The van der Waals surface area contributed by atoms with E-state index < -0.39 is 33.9 Å². The smallest absolute Gasteiger partial charge is 0.404 e. The van der Waals surface area contributed by atoms with Crippen molar-refractivity contribution < 1.29 is 35.1 Å². The Morgan fingerprint density at radius 2 is 1.71 bits per heavy atom. The van der Waals surface area contributed by atoms with Crippen LogP contribution in [-0.4, -0.2) is 30.1 Å². The monoisotopic (exact) mass is 517 g/mol. The zero-order chi connectivity index (χ0) is 26.0. The van der Waals surface area contributed by atoms with Crippen LogP contribution in [0.4, 0.5) is 22.0 Å². The summed E-state index contributed by atoms with van der Waals surface area (Å²) in [5.74, 6) is -1.30. The Bertz CT molecular complexity index is 1270. The summed E-state index contributed by atoms with van der Waals surface area (Å²) < 4.78 is 96.9. The Kier molecular flexibility index (Phi) is 7.56. The van der Waals surface area contributed by atoms with Gasteiger partial charge in [-0.2, -0.15) is 18.3 Å². The molecular weight excluding hydrogens is 493 g/mol. The molecule has 190 valence electrons. The SMILES string of the molecule is CCn1nc(-c2cccc(C(C)(C)NS(=O)(=O)CC(F)(F)F)c2)cc1Oc1ccc(C(F)F)cc1. The summed E-state index contributed by atoms with van der Waals surface area (Å²) in [5, 5.41) is 4.47. The van der Waals surface area contributed by atoms with E-state index in [0.29, 0.717) is 35.0 Å². The van der Waals surface area contributed by atoms with Crippen molar-refractivity contribution in [2.45, 2.75) is 45.5 Å². The lowest BCUT2D eigenvalue weighted by Crippen LogP contribution is -2.44. The Morgan fingerprint density at radius 1 is 1.06 bits per heavy atom. The first-order valence-corrected chi connectivity index (χ1v) is 12.2. The van der Waals surface area contributed by atoms with Gasteiger partial charge in [0.15, 0.2) is 5.75 Å². The van der Waals surface area contributed by atoms with Crippen LogP contribution in [0.25, 0.3) is 11.3 Å². The van der Waals surface area contributed by atoms with Crippen LogP contribution in [0, 0.1) is 0 Å². The lowest BCUT2D eigenvalue weighted by Gasteiger charge is -2.27. The van der Waals surface area contributed by atoms with Crippen molar-refractivity contribution in [2.75, 3.05) is 5.75 Å². The first-order chi connectivity index (χ1) is 16.2. The van der Waals surface area contributed by atoms with Gasteiger partial charge in [0, 0.05) is 23.7 Å². The number of alkyl halides is 5. The highest BCUT2D eigenvalue weighted by atomic mass is 32.2. The summed E-state index contributed by atoms with van der Waals surface area (Å²) in [5.41, 5.74) is 0.0147. The predicted molar refractivity (Wildman–Crippen MR) is 121 cm³/mol. The maximum atomic E-state index is 12.8. The normalized spacial score (nSPS) is 12.8. The average Bonchev–Trinajstić information content (AvgIpc) is 3.14. The van der Waals surface area contributed by atoms with Gasteiger partial charge >= 0.3 is 6.18 Å². The van der Waals surface area contributed by atoms with Crippen molar-refractivity contribution in [2.24, 2.45) is 0 Å². The molecule has 1 aromatic heterocycles. The van der Waals surface area contributed by atoms with Crippen LogP contribution >= 0.6 is 0 Å². The minimum Gasteiger partial charge on any atom is -0.439 e. The minimum absolute atomic E-state index is 0.132. The molecule has 3 aromatic rings. The predicted octanol–water partition coefficient (Wildman–Crippen LogP) is 6.02. The molecule has 6 nitrogen and oxygen atoms in total. The quantitative estimate of drug-likeness (QED) is 0.353. The Labute approximate surface area is 199 Å². The number of aromatic nitrogens is 2. The highest BCUT2D eigenvalue weighted by molar-refractivity contribution is 7.89. The Hall–Kier alpha value is -2.99. The number of sulfonamides is 1. The fourth-order valence-corrected chi connectivity index (χ4v) is 4.82. The summed E-state index contributed by atoms with van der Waals surface area (Å²) >= 11 is 0. The third kappa shape index (κ3) is 7.01. The topological polar surface area (TPSA) is 73.2 Å². The lowest BCUT2D eigenvalue weighted by molar-refractivity contribution is -0.106. The van der Waals surface area contributed by atoms with Crippen LogP contribution in [0.2, 0.25) is 0 Å². The maximum absolute atomic E-state index is 12.8. The van der Waals surface area contributed by atoms with Gasteiger partial charge in [-0.15, -0.1) is 0 Å². The third-order valence-electron chi connectivity index (χ3n) is 5.04. The molecule has 35 heavy (non-hydrogen) atoms. The molecule has 1 heterocycles. The van der Waals surface area contributed by atoms with Gasteiger partial charge in [0.25, 0.3) is 6.43 Å². The molecule has 0 radical (unpaired) electrons. The van der Waals surface area contributed by atoms with Crippen molar-refractivity contribution in [3.8, 4) is 22.9 Å². The lowest BCUT2D eigenvalue weighted by atomic mass is 9.93. The highest BCUT2D eigenvalue weighted by Crippen LogP contribution is 2.31. The molecule has 0 unspecified atom stereocenters. The van der Waals surface area contributed by atoms with E-state index in [1.807, 2.05) is 6.92 Å². The summed E-state index contributed by atoms with van der Waals surface area (Å²) in [6.07, 6.45) is -7.46. The summed E-state index contributed by atoms with van der Waals surface area (Å²) in [7, 11) is -4.63. The van der Waals surface area contributed by atoms with E-state index in [0.717, 1.165) is 0 Å². The fraction of sp³-hybridized carbons (Fsp3) is 0.348. The number of nitrogens with zero attached hydrogens (tertiary/aromatic N) is 2. The zero-order valence-corrected chi connectivity index (χ0v) is 19.9. The van der Waals surface area contributed by atoms with E-state index in [9.17, 15) is 30.4 Å². The zero-order valence-electron chi connectivity index (χ0n) is 19.1. The number of ether oxygens (including phenoxy) is 1. The fourth-order valence-electron chi connectivity index (χ4n) is 3.42. The molecule has 1 N–H and O–H groups in total. The molecule has 0 aliphatic rings. The van der Waals surface area contributed by atoms with Crippen molar-refractivity contribution >= 4 is 10.0 Å². The molecule has 0 fully saturated rings. The van der Waals surface area contributed by atoms with Crippen LogP contribution < -0.4 is 9.46 Å². The van der Waals surface area contributed by atoms with E-state index in [2.05, 4.69) is 9.82 Å². The van der Waals surface area contributed by atoms with E-state index in [1.54, 1.807) is 35.0 Å². The molecule has 0 spiro atoms. The highest BCUT2D eigenvalue weighted by Gasteiger charge is 2.38. The standard InChI is InChI=1S/C23H24F5N3O3S/c1-4-31-20(34-18-10-8-15(9-11-18)21(24)25)13-19(29-31)16-6-5-7-17(12-16)22(2,3)30-35(32,33)14-23(26,27)28/h5-13,21,30H,4,14H2,1-3H3. The first-order valence-electron chi connectivity index (χ1n) is 10.5. The summed E-state index contributed by atoms with van der Waals surface area (Å²) in [6.45, 7) is 5.19. The Balaban J connectivity index is 1.86. The van der Waals surface area contributed by atoms with Crippen LogP contribution in [0.1, 0.15) is 38.3 Å². The number of benzene rings is 2. The van der Waals surface area contributed by atoms with E-state index in [4.69, 9.17) is 4.74 Å². The molecular formula is C23H24F5N3O3S. The number of aryl methyl sites for hydroxylation is 1. The summed E-state index contributed by atoms with van der Waals surface area (Å²) in [6, 6.07) is 13.6. The van der Waals surface area contributed by atoms with Crippen LogP contribution in [0.15, 0.2) is 54.6 Å². The molecule has 0 atom stereocenters. The number of hydrogen-bond acceptors (Lipinski definition) is 4.